The van der Waals surface area contributed by atoms with Crippen molar-refractivity contribution in [3.8, 4) is 0 Å². The summed E-state index contributed by atoms with van der Waals surface area (Å²) in [6, 6.07) is 8.73. The van der Waals surface area contributed by atoms with Crippen molar-refractivity contribution in [3.63, 3.8) is 0 Å². The Balaban J connectivity index is 2.58. The molecule has 0 unspecified atom stereocenters. The Morgan fingerprint density at radius 2 is 1.78 bits per heavy atom. The molecule has 0 radical (unpaired) electrons. The molecule has 0 aliphatic carbocycles. The molecule has 0 heterocycles. The van der Waals surface area contributed by atoms with Crippen LogP contribution in [0, 0.1) is 0 Å². The van der Waals surface area contributed by atoms with Crippen molar-refractivity contribution < 1.29 is 23.9 Å². The minimum absolute atomic E-state index is 0.0212. The topological polar surface area (TPSA) is 93.7 Å². The molecule has 0 bridgehead atoms. The van der Waals surface area contributed by atoms with E-state index in [0.717, 1.165) is 17.7 Å². The highest BCUT2D eigenvalue weighted by molar-refractivity contribution is 5.91. The number of carbonyl (C=O) groups excluding carboxylic acids is 3. The lowest BCUT2D eigenvalue weighted by atomic mass is 10.1. The van der Waals surface area contributed by atoms with Crippen molar-refractivity contribution in [2.75, 3.05) is 20.8 Å². The van der Waals surface area contributed by atoms with Crippen molar-refractivity contribution in [3.05, 3.63) is 48.0 Å². The summed E-state index contributed by atoms with van der Waals surface area (Å²) in [4.78, 5) is 33.9. The first-order valence-electron chi connectivity index (χ1n) is 7.00. The Morgan fingerprint density at radius 3 is 2.39 bits per heavy atom. The molecular formula is C16H20N2O5. The SMILES string of the molecule is CNC(=O)N[C@@H](COC(=O)/C=C/C(=O)OC)Cc1ccccc1. The maximum atomic E-state index is 11.5. The standard InChI is InChI=1S/C16H20N2O5/c1-17-16(21)18-13(10-12-6-4-3-5-7-12)11-23-15(20)9-8-14(19)22-2/h3-9,13H,10-11H2,1-2H3,(H2,17,18,21)/b9-8+/t13-/m1/s1. The third-order valence-electron chi connectivity index (χ3n) is 2.87. The number of nitrogens with one attached hydrogen (secondary N) is 2. The van der Waals surface area contributed by atoms with Gasteiger partial charge in [0.25, 0.3) is 0 Å². The molecule has 0 spiro atoms. The van der Waals surface area contributed by atoms with Crippen LogP contribution < -0.4 is 10.6 Å². The first-order valence-corrected chi connectivity index (χ1v) is 7.00. The molecule has 124 valence electrons. The summed E-state index contributed by atoms with van der Waals surface area (Å²) in [5.41, 5.74) is 0.995. The first-order chi connectivity index (χ1) is 11.0. The number of hydrogen-bond donors (Lipinski definition) is 2. The molecule has 23 heavy (non-hydrogen) atoms. The van der Waals surface area contributed by atoms with E-state index in [2.05, 4.69) is 15.4 Å². The minimum Gasteiger partial charge on any atom is -0.466 e. The molecular weight excluding hydrogens is 300 g/mol. The van der Waals surface area contributed by atoms with E-state index >= 15 is 0 Å². The van der Waals surface area contributed by atoms with E-state index in [0.29, 0.717) is 6.42 Å². The van der Waals surface area contributed by atoms with Gasteiger partial charge in [0.1, 0.15) is 6.61 Å². The molecule has 2 amide bonds. The number of esters is 2. The summed E-state index contributed by atoms with van der Waals surface area (Å²) in [5, 5.41) is 5.15. The van der Waals surface area contributed by atoms with Crippen LogP contribution in [-0.4, -0.2) is 44.8 Å². The smallest absolute Gasteiger partial charge is 0.331 e. The van der Waals surface area contributed by atoms with Gasteiger partial charge in [0.15, 0.2) is 0 Å². The van der Waals surface area contributed by atoms with Crippen molar-refractivity contribution >= 4 is 18.0 Å². The van der Waals surface area contributed by atoms with Gasteiger partial charge in [0.2, 0.25) is 0 Å². The van der Waals surface area contributed by atoms with Crippen LogP contribution in [0.5, 0.6) is 0 Å². The van der Waals surface area contributed by atoms with Crippen LogP contribution in [0.4, 0.5) is 4.79 Å². The highest BCUT2D eigenvalue weighted by Crippen LogP contribution is 2.04. The summed E-state index contributed by atoms with van der Waals surface area (Å²) in [6.07, 6.45) is 2.45. The average molecular weight is 320 g/mol. The number of methoxy groups -OCH3 is 1. The average Bonchev–Trinajstić information content (AvgIpc) is 2.58. The fraction of sp³-hybridized carbons (Fsp3) is 0.312. The van der Waals surface area contributed by atoms with Crippen LogP contribution in [-0.2, 0) is 25.5 Å². The molecule has 7 heteroatoms. The van der Waals surface area contributed by atoms with Gasteiger partial charge in [-0.15, -0.1) is 0 Å². The number of rotatable bonds is 7. The van der Waals surface area contributed by atoms with Gasteiger partial charge in [0.05, 0.1) is 13.2 Å². The molecule has 1 aromatic rings. The molecule has 1 atom stereocenters. The summed E-state index contributed by atoms with van der Waals surface area (Å²) in [6.45, 7) is -0.0212. The summed E-state index contributed by atoms with van der Waals surface area (Å²) in [7, 11) is 2.71. The van der Waals surface area contributed by atoms with Crippen molar-refractivity contribution in [1.29, 1.82) is 0 Å². The molecule has 0 saturated heterocycles. The maximum absolute atomic E-state index is 11.5. The van der Waals surface area contributed by atoms with Gasteiger partial charge in [-0.3, -0.25) is 0 Å². The van der Waals surface area contributed by atoms with E-state index in [9.17, 15) is 14.4 Å². The van der Waals surface area contributed by atoms with Crippen LogP contribution in [0.1, 0.15) is 5.56 Å². The van der Waals surface area contributed by atoms with Gasteiger partial charge in [-0.1, -0.05) is 30.3 Å². The monoisotopic (exact) mass is 320 g/mol. The van der Waals surface area contributed by atoms with E-state index in [-0.39, 0.29) is 12.6 Å². The second-order valence-electron chi connectivity index (χ2n) is 4.60. The summed E-state index contributed by atoms with van der Waals surface area (Å²) in [5.74, 6) is -1.33. The number of hydrogen-bond acceptors (Lipinski definition) is 5. The third-order valence-corrected chi connectivity index (χ3v) is 2.87. The number of ether oxygens (including phenoxy) is 2. The lowest BCUT2D eigenvalue weighted by Gasteiger charge is -2.18. The number of carbonyl (C=O) groups is 3. The largest absolute Gasteiger partial charge is 0.466 e. The Morgan fingerprint density at radius 1 is 1.13 bits per heavy atom. The van der Waals surface area contributed by atoms with Crippen molar-refractivity contribution in [2.45, 2.75) is 12.5 Å². The summed E-state index contributed by atoms with van der Waals surface area (Å²) < 4.78 is 9.41. The van der Waals surface area contributed by atoms with Gasteiger partial charge in [-0.05, 0) is 12.0 Å². The molecule has 0 fully saturated rings. The minimum atomic E-state index is -0.688. The Bertz CT molecular complexity index is 557. The van der Waals surface area contributed by atoms with E-state index < -0.39 is 18.0 Å². The van der Waals surface area contributed by atoms with E-state index in [1.807, 2.05) is 30.3 Å². The van der Waals surface area contributed by atoms with Gasteiger partial charge in [-0.2, -0.15) is 0 Å². The zero-order valence-electron chi connectivity index (χ0n) is 13.1. The first kappa shape index (κ1) is 18.2. The van der Waals surface area contributed by atoms with Crippen LogP contribution in [0.3, 0.4) is 0 Å². The van der Waals surface area contributed by atoms with Crippen LogP contribution >= 0.6 is 0 Å². The third kappa shape index (κ3) is 7.66. The van der Waals surface area contributed by atoms with Gasteiger partial charge >= 0.3 is 18.0 Å². The predicted octanol–water partition coefficient (Wildman–Crippen LogP) is 0.799. The molecule has 0 aromatic heterocycles. The fourth-order valence-corrected chi connectivity index (χ4v) is 1.74. The highest BCUT2D eigenvalue weighted by atomic mass is 16.5. The fourth-order valence-electron chi connectivity index (χ4n) is 1.74. The summed E-state index contributed by atoms with van der Waals surface area (Å²) >= 11 is 0. The predicted molar refractivity (Wildman–Crippen MR) is 83.6 cm³/mol. The number of urea groups is 1. The molecule has 0 aliphatic rings. The van der Waals surface area contributed by atoms with E-state index in [4.69, 9.17) is 4.74 Å². The Kier molecular flexibility index (Phi) is 7.91. The zero-order valence-corrected chi connectivity index (χ0v) is 13.1. The number of benzene rings is 1. The van der Waals surface area contributed by atoms with Crippen LogP contribution in [0.15, 0.2) is 42.5 Å². The molecule has 2 N–H and O–H groups in total. The maximum Gasteiger partial charge on any atom is 0.331 e. The molecule has 0 aliphatic heterocycles. The second kappa shape index (κ2) is 9.99. The molecule has 1 rings (SSSR count). The highest BCUT2D eigenvalue weighted by Gasteiger charge is 2.14. The quantitative estimate of drug-likeness (QED) is 0.572. The molecule has 1 aromatic carbocycles. The molecule has 0 saturated carbocycles. The van der Waals surface area contributed by atoms with Crippen LogP contribution in [0.25, 0.3) is 0 Å². The van der Waals surface area contributed by atoms with Gasteiger partial charge in [0, 0.05) is 19.2 Å². The van der Waals surface area contributed by atoms with Crippen LogP contribution in [0.2, 0.25) is 0 Å². The van der Waals surface area contributed by atoms with Crippen molar-refractivity contribution in [1.82, 2.24) is 10.6 Å². The van der Waals surface area contributed by atoms with E-state index in [1.165, 1.54) is 14.2 Å². The second-order valence-corrected chi connectivity index (χ2v) is 4.60. The lowest BCUT2D eigenvalue weighted by Crippen LogP contribution is -2.44. The van der Waals surface area contributed by atoms with Gasteiger partial charge in [-0.25, -0.2) is 14.4 Å². The number of amides is 2. The normalized spacial score (nSPS) is 11.6. The Hall–Kier alpha value is -2.83. The zero-order chi connectivity index (χ0) is 17.1. The Labute approximate surface area is 134 Å². The molecule has 7 nitrogen and oxygen atoms in total. The van der Waals surface area contributed by atoms with E-state index in [1.54, 1.807) is 0 Å². The lowest BCUT2D eigenvalue weighted by molar-refractivity contribution is -0.139. The van der Waals surface area contributed by atoms with Crippen molar-refractivity contribution in [2.24, 2.45) is 0 Å². The van der Waals surface area contributed by atoms with Gasteiger partial charge < -0.3 is 20.1 Å².